The molecule has 0 saturated carbocycles. The van der Waals surface area contributed by atoms with Crippen molar-refractivity contribution < 1.29 is 51.6 Å². The van der Waals surface area contributed by atoms with Crippen molar-refractivity contribution >= 4 is 11.8 Å². The maximum Gasteiger partial charge on any atom is 0.424 e. The minimum Gasteiger partial charge on any atom is -0.493 e. The highest BCUT2D eigenvalue weighted by Gasteiger charge is 2.57. The zero-order valence-electron chi connectivity index (χ0n) is 22.4. The highest BCUT2D eigenvalue weighted by atomic mass is 19.4. The van der Waals surface area contributed by atoms with Crippen LogP contribution in [0.5, 0.6) is 17.2 Å². The number of hydrogen-bond acceptors (Lipinski definition) is 8. The zero-order chi connectivity index (χ0) is 30.9. The van der Waals surface area contributed by atoms with Gasteiger partial charge < -0.3 is 35.5 Å². The van der Waals surface area contributed by atoms with Gasteiger partial charge in [-0.2, -0.15) is 13.2 Å². The SMILES string of the molecule is COc1cc(C(=O)NC[C@](O)(c2cc3c(c(-c4ccc(F)cc4)n2)OC[C@]3(C)C(N)=O)C(F)(F)F)ccc1OCCO. The third kappa shape index (κ3) is 5.54. The van der Waals surface area contributed by atoms with Gasteiger partial charge in [0.25, 0.3) is 5.91 Å². The molecule has 0 aliphatic carbocycles. The number of amides is 2. The van der Waals surface area contributed by atoms with Gasteiger partial charge in [-0.3, -0.25) is 9.59 Å². The van der Waals surface area contributed by atoms with Crippen molar-refractivity contribution in [1.29, 1.82) is 0 Å². The monoisotopic (exact) mass is 593 g/mol. The van der Waals surface area contributed by atoms with Crippen LogP contribution in [-0.2, 0) is 15.8 Å². The number of rotatable bonds is 10. The molecule has 0 saturated heterocycles. The topological polar surface area (TPSA) is 153 Å². The van der Waals surface area contributed by atoms with Crippen molar-refractivity contribution in [2.45, 2.75) is 24.1 Å². The van der Waals surface area contributed by atoms with Crippen molar-refractivity contribution in [3.05, 3.63) is 71.2 Å². The van der Waals surface area contributed by atoms with Crippen LogP contribution in [0.2, 0.25) is 0 Å². The lowest BCUT2D eigenvalue weighted by molar-refractivity contribution is -0.265. The first-order valence-electron chi connectivity index (χ1n) is 12.5. The predicted molar refractivity (Wildman–Crippen MR) is 140 cm³/mol. The summed E-state index contributed by atoms with van der Waals surface area (Å²) in [5, 5.41) is 22.1. The van der Waals surface area contributed by atoms with E-state index in [1.54, 1.807) is 0 Å². The molecule has 0 bridgehead atoms. The summed E-state index contributed by atoms with van der Waals surface area (Å²) in [5.74, 6) is -2.28. The van der Waals surface area contributed by atoms with Gasteiger partial charge in [-0.15, -0.1) is 0 Å². The van der Waals surface area contributed by atoms with Crippen LogP contribution in [0.25, 0.3) is 11.3 Å². The van der Waals surface area contributed by atoms with Crippen molar-refractivity contribution in [2.75, 3.05) is 33.5 Å². The van der Waals surface area contributed by atoms with Crippen LogP contribution in [0.15, 0.2) is 48.5 Å². The summed E-state index contributed by atoms with van der Waals surface area (Å²) in [5.41, 5.74) is -0.927. The number of ether oxygens (including phenoxy) is 3. The summed E-state index contributed by atoms with van der Waals surface area (Å²) in [6.45, 7) is -0.657. The van der Waals surface area contributed by atoms with E-state index in [0.29, 0.717) is 0 Å². The number of carbonyl (C=O) groups excluding carboxylic acids is 2. The van der Waals surface area contributed by atoms with Gasteiger partial charge in [-0.05, 0) is 55.5 Å². The van der Waals surface area contributed by atoms with Crippen molar-refractivity contribution in [2.24, 2.45) is 5.73 Å². The highest BCUT2D eigenvalue weighted by Crippen LogP contribution is 2.47. The van der Waals surface area contributed by atoms with Gasteiger partial charge in [-0.25, -0.2) is 9.37 Å². The Balaban J connectivity index is 1.76. The first-order valence-corrected chi connectivity index (χ1v) is 12.5. The molecule has 0 radical (unpaired) electrons. The highest BCUT2D eigenvalue weighted by molar-refractivity contribution is 5.95. The number of carbonyl (C=O) groups is 2. The van der Waals surface area contributed by atoms with Crippen LogP contribution in [-0.4, -0.2) is 66.7 Å². The van der Waals surface area contributed by atoms with E-state index in [1.165, 1.54) is 44.4 Å². The number of aliphatic hydroxyl groups excluding tert-OH is 1. The van der Waals surface area contributed by atoms with Crippen LogP contribution >= 0.6 is 0 Å². The van der Waals surface area contributed by atoms with Crippen LogP contribution in [0.3, 0.4) is 0 Å². The largest absolute Gasteiger partial charge is 0.493 e. The van der Waals surface area contributed by atoms with Gasteiger partial charge in [0, 0.05) is 16.7 Å². The van der Waals surface area contributed by atoms with Crippen LogP contribution in [0.4, 0.5) is 17.6 Å². The number of aliphatic hydroxyl groups is 2. The quantitative estimate of drug-likeness (QED) is 0.262. The number of hydrogen-bond donors (Lipinski definition) is 4. The van der Waals surface area contributed by atoms with Crippen LogP contribution < -0.4 is 25.3 Å². The Kier molecular flexibility index (Phi) is 8.32. The fourth-order valence-electron chi connectivity index (χ4n) is 4.33. The Morgan fingerprint density at radius 3 is 2.43 bits per heavy atom. The molecule has 4 rings (SSSR count). The van der Waals surface area contributed by atoms with E-state index in [-0.39, 0.29) is 59.5 Å². The first kappa shape index (κ1) is 30.5. The Morgan fingerprint density at radius 1 is 1.14 bits per heavy atom. The number of fused-ring (bicyclic) bond motifs is 1. The second-order valence-electron chi connectivity index (χ2n) is 9.70. The lowest BCUT2D eigenvalue weighted by Gasteiger charge is -2.31. The number of alkyl halides is 3. The summed E-state index contributed by atoms with van der Waals surface area (Å²) in [7, 11) is 1.28. The maximum atomic E-state index is 14.6. The van der Waals surface area contributed by atoms with Gasteiger partial charge in [0.15, 0.2) is 11.5 Å². The maximum absolute atomic E-state index is 14.6. The summed E-state index contributed by atoms with van der Waals surface area (Å²) in [6.07, 6.45) is -5.37. The number of nitrogens with one attached hydrogen (secondary N) is 1. The molecular weight excluding hydrogens is 566 g/mol. The molecule has 1 aliphatic heterocycles. The van der Waals surface area contributed by atoms with E-state index < -0.39 is 47.1 Å². The van der Waals surface area contributed by atoms with Crippen molar-refractivity contribution in [1.82, 2.24) is 10.3 Å². The van der Waals surface area contributed by atoms with Crippen molar-refractivity contribution in [3.63, 3.8) is 0 Å². The molecule has 2 amide bonds. The van der Waals surface area contributed by atoms with E-state index in [1.807, 2.05) is 0 Å². The molecule has 2 atom stereocenters. The number of halogens is 4. The average molecular weight is 594 g/mol. The second-order valence-corrected chi connectivity index (χ2v) is 9.70. The van der Waals surface area contributed by atoms with Crippen LogP contribution in [0, 0.1) is 5.82 Å². The third-order valence-electron chi connectivity index (χ3n) is 6.91. The van der Waals surface area contributed by atoms with E-state index in [0.717, 1.165) is 18.2 Å². The molecule has 2 heterocycles. The van der Waals surface area contributed by atoms with Crippen molar-refractivity contribution in [3.8, 4) is 28.5 Å². The predicted octanol–water partition coefficient (Wildman–Crippen LogP) is 2.58. The molecule has 2 aromatic carbocycles. The fourth-order valence-corrected chi connectivity index (χ4v) is 4.33. The van der Waals surface area contributed by atoms with Gasteiger partial charge in [0.1, 0.15) is 35.9 Å². The summed E-state index contributed by atoms with van der Waals surface area (Å²) in [6, 6.07) is 9.29. The number of nitrogens with two attached hydrogens (primary N) is 1. The molecular formula is C28H27F4N3O7. The Labute approximate surface area is 237 Å². The number of methoxy groups -OCH3 is 1. The van der Waals surface area contributed by atoms with Gasteiger partial charge in [0.2, 0.25) is 11.5 Å². The smallest absolute Gasteiger partial charge is 0.424 e. The average Bonchev–Trinajstić information content (AvgIpc) is 3.31. The van der Waals surface area contributed by atoms with E-state index in [2.05, 4.69) is 10.3 Å². The minimum absolute atomic E-state index is 0.0455. The molecule has 1 aromatic heterocycles. The number of pyridine rings is 1. The molecule has 3 aromatic rings. The third-order valence-corrected chi connectivity index (χ3v) is 6.91. The fraction of sp³-hybridized carbons (Fsp3) is 0.321. The summed E-state index contributed by atoms with van der Waals surface area (Å²) < 4.78 is 73.3. The Morgan fingerprint density at radius 2 is 1.83 bits per heavy atom. The van der Waals surface area contributed by atoms with E-state index in [9.17, 15) is 32.3 Å². The van der Waals surface area contributed by atoms with Crippen LogP contribution in [0.1, 0.15) is 28.5 Å². The molecule has 0 unspecified atom stereocenters. The number of nitrogens with zero attached hydrogens (tertiary/aromatic N) is 1. The Hall–Kier alpha value is -4.43. The minimum atomic E-state index is -5.37. The van der Waals surface area contributed by atoms with Gasteiger partial charge in [0.05, 0.1) is 26.0 Å². The lowest BCUT2D eigenvalue weighted by Crippen LogP contribution is -2.51. The first-order chi connectivity index (χ1) is 19.7. The normalized spacial score (nSPS) is 17.5. The number of benzene rings is 2. The lowest BCUT2D eigenvalue weighted by atomic mass is 9.81. The Bertz CT molecular complexity index is 1500. The molecule has 224 valence electrons. The molecule has 42 heavy (non-hydrogen) atoms. The van der Waals surface area contributed by atoms with Gasteiger partial charge >= 0.3 is 6.18 Å². The number of primary amides is 1. The van der Waals surface area contributed by atoms with Gasteiger partial charge in [-0.1, -0.05) is 0 Å². The molecule has 0 fully saturated rings. The van der Waals surface area contributed by atoms with E-state index in [4.69, 9.17) is 25.1 Å². The molecule has 5 N–H and O–H groups in total. The molecule has 14 heteroatoms. The molecule has 1 aliphatic rings. The van der Waals surface area contributed by atoms with E-state index >= 15 is 0 Å². The molecule has 0 spiro atoms. The standard InChI is InChI=1S/C28H27F4N3O7/c1-26(25(33)38)14-42-23-18(26)12-21(35-22(23)15-3-6-17(29)7-4-15)27(39,28(30,31)32)13-34-24(37)16-5-8-19(41-10-9-36)20(11-16)40-2/h3-8,11-12,36,39H,9-10,13-14H2,1-2H3,(H2,33,38)(H,34,37)/t26-,27-/m0/s1. The molecule has 10 nitrogen and oxygen atoms in total. The summed E-state index contributed by atoms with van der Waals surface area (Å²) >= 11 is 0. The number of aromatic nitrogens is 1. The second kappa shape index (κ2) is 11.4. The summed E-state index contributed by atoms with van der Waals surface area (Å²) in [4.78, 5) is 29.3. The zero-order valence-corrected chi connectivity index (χ0v) is 22.4.